The van der Waals surface area contributed by atoms with Gasteiger partial charge in [0.2, 0.25) is 0 Å². The molecule has 19 heavy (non-hydrogen) atoms. The quantitative estimate of drug-likeness (QED) is 0.588. The molecule has 0 heterocycles. The molecule has 0 N–H and O–H groups in total. The summed E-state index contributed by atoms with van der Waals surface area (Å²) in [7, 11) is 0. The zero-order valence-corrected chi connectivity index (χ0v) is 14.2. The average Bonchev–Trinajstić information content (AvgIpc) is 2.38. The van der Waals surface area contributed by atoms with E-state index in [9.17, 15) is 0 Å². The third kappa shape index (κ3) is 4.08. The van der Waals surface area contributed by atoms with Crippen molar-refractivity contribution >= 4 is 15.9 Å². The van der Waals surface area contributed by atoms with Crippen LogP contribution in [0.4, 0.5) is 0 Å². The van der Waals surface area contributed by atoms with Gasteiger partial charge in [-0.25, -0.2) is 0 Å². The van der Waals surface area contributed by atoms with Crippen molar-refractivity contribution in [1.29, 1.82) is 0 Å². The van der Waals surface area contributed by atoms with Crippen molar-refractivity contribution in [2.24, 2.45) is 5.41 Å². The minimum atomic E-state index is 0.379. The number of benzene rings is 1. The number of fused-ring (bicyclic) bond motifs is 1. The highest BCUT2D eigenvalue weighted by molar-refractivity contribution is 9.09. The molecule has 0 aromatic heterocycles. The Bertz CT molecular complexity index is 402. The summed E-state index contributed by atoms with van der Waals surface area (Å²) in [6, 6.07) is 9.08. The third-order valence-corrected chi connectivity index (χ3v) is 6.27. The van der Waals surface area contributed by atoms with Crippen LogP contribution in [0.2, 0.25) is 0 Å². The molecule has 0 radical (unpaired) electrons. The van der Waals surface area contributed by atoms with Gasteiger partial charge < -0.3 is 0 Å². The van der Waals surface area contributed by atoms with Gasteiger partial charge >= 0.3 is 0 Å². The average molecular weight is 323 g/mol. The first-order valence-electron chi connectivity index (χ1n) is 7.70. The summed E-state index contributed by atoms with van der Waals surface area (Å²) in [6.45, 7) is 6.97. The Hall–Kier alpha value is -0.300. The Morgan fingerprint density at radius 3 is 2.74 bits per heavy atom. The standard InChI is InChI=1S/C18H27Br/c1-18(2,3)17(19)13-7-11-15-10-6-9-14-8-4-5-12-16(14)15/h4-5,8,12,15,17H,6-7,9-11,13H2,1-3H3. The van der Waals surface area contributed by atoms with Crippen molar-refractivity contribution in [2.45, 2.75) is 70.0 Å². The molecule has 0 aliphatic heterocycles. The molecule has 1 aromatic carbocycles. The predicted molar refractivity (Wildman–Crippen MR) is 88.1 cm³/mol. The van der Waals surface area contributed by atoms with Crippen LogP contribution in [0.15, 0.2) is 24.3 Å². The van der Waals surface area contributed by atoms with Crippen LogP contribution in [0.1, 0.15) is 69.9 Å². The summed E-state index contributed by atoms with van der Waals surface area (Å²) < 4.78 is 0. The molecule has 2 atom stereocenters. The molecule has 0 fully saturated rings. The van der Waals surface area contributed by atoms with Crippen molar-refractivity contribution in [1.82, 2.24) is 0 Å². The van der Waals surface area contributed by atoms with Gasteiger partial charge in [0, 0.05) is 4.83 Å². The summed E-state index contributed by atoms with van der Waals surface area (Å²) in [6.07, 6.45) is 8.04. The second-order valence-corrected chi connectivity index (χ2v) is 8.16. The first-order chi connectivity index (χ1) is 8.98. The van der Waals surface area contributed by atoms with Crippen LogP contribution < -0.4 is 0 Å². The lowest BCUT2D eigenvalue weighted by atomic mass is 9.79. The summed E-state index contributed by atoms with van der Waals surface area (Å²) in [5.41, 5.74) is 3.62. The molecule has 1 aromatic rings. The Balaban J connectivity index is 1.88. The van der Waals surface area contributed by atoms with E-state index in [2.05, 4.69) is 61.0 Å². The maximum atomic E-state index is 3.86. The summed E-state index contributed by atoms with van der Waals surface area (Å²) >= 11 is 3.86. The van der Waals surface area contributed by atoms with E-state index in [1.165, 1.54) is 38.5 Å². The predicted octanol–water partition coefficient (Wildman–Crippen LogP) is 6.09. The highest BCUT2D eigenvalue weighted by Crippen LogP contribution is 2.36. The molecule has 1 heteroatoms. The molecule has 0 nitrogen and oxygen atoms in total. The van der Waals surface area contributed by atoms with Crippen LogP contribution in [0.25, 0.3) is 0 Å². The van der Waals surface area contributed by atoms with Gasteiger partial charge in [0.05, 0.1) is 0 Å². The van der Waals surface area contributed by atoms with E-state index in [-0.39, 0.29) is 0 Å². The van der Waals surface area contributed by atoms with Crippen LogP contribution in [-0.4, -0.2) is 4.83 Å². The molecule has 0 spiro atoms. The molecule has 1 aliphatic rings. The van der Waals surface area contributed by atoms with E-state index >= 15 is 0 Å². The summed E-state index contributed by atoms with van der Waals surface area (Å²) in [5, 5.41) is 0. The van der Waals surface area contributed by atoms with Crippen LogP contribution >= 0.6 is 15.9 Å². The fourth-order valence-corrected chi connectivity index (χ4v) is 3.45. The van der Waals surface area contributed by atoms with Gasteiger partial charge in [-0.15, -0.1) is 0 Å². The highest BCUT2D eigenvalue weighted by Gasteiger charge is 2.23. The zero-order valence-electron chi connectivity index (χ0n) is 12.6. The lowest BCUT2D eigenvalue weighted by Crippen LogP contribution is -2.20. The molecule has 0 saturated heterocycles. The topological polar surface area (TPSA) is 0 Å². The van der Waals surface area contributed by atoms with E-state index in [1.807, 2.05) is 0 Å². The molecule has 106 valence electrons. The van der Waals surface area contributed by atoms with E-state index in [0.717, 1.165) is 5.92 Å². The van der Waals surface area contributed by atoms with Crippen molar-refractivity contribution in [3.05, 3.63) is 35.4 Å². The van der Waals surface area contributed by atoms with Crippen molar-refractivity contribution in [2.75, 3.05) is 0 Å². The minimum Gasteiger partial charge on any atom is -0.0885 e. The number of aryl methyl sites for hydroxylation is 1. The van der Waals surface area contributed by atoms with Gasteiger partial charge in [-0.3, -0.25) is 0 Å². The molecular weight excluding hydrogens is 296 g/mol. The lowest BCUT2D eigenvalue weighted by molar-refractivity contribution is 0.370. The van der Waals surface area contributed by atoms with Crippen molar-refractivity contribution in [3.8, 4) is 0 Å². The van der Waals surface area contributed by atoms with E-state index in [4.69, 9.17) is 0 Å². The number of halogens is 1. The zero-order chi connectivity index (χ0) is 13.9. The van der Waals surface area contributed by atoms with Crippen LogP contribution in [0, 0.1) is 5.41 Å². The van der Waals surface area contributed by atoms with Crippen molar-refractivity contribution in [3.63, 3.8) is 0 Å². The van der Waals surface area contributed by atoms with Gasteiger partial charge in [-0.1, -0.05) is 67.4 Å². The van der Waals surface area contributed by atoms with Gasteiger partial charge in [0.25, 0.3) is 0 Å². The number of rotatable bonds is 4. The molecular formula is C18H27Br. The molecule has 0 amide bonds. The Morgan fingerprint density at radius 1 is 1.26 bits per heavy atom. The molecule has 2 unspecified atom stereocenters. The summed E-state index contributed by atoms with van der Waals surface area (Å²) in [4.78, 5) is 0.638. The Kier molecular flexibility index (Phi) is 5.11. The van der Waals surface area contributed by atoms with Gasteiger partial charge in [-0.05, 0) is 54.6 Å². The monoisotopic (exact) mass is 322 g/mol. The normalized spacial score (nSPS) is 20.9. The molecule has 0 bridgehead atoms. The van der Waals surface area contributed by atoms with E-state index in [0.29, 0.717) is 10.2 Å². The van der Waals surface area contributed by atoms with Crippen LogP contribution in [-0.2, 0) is 6.42 Å². The second-order valence-electron chi connectivity index (χ2n) is 7.05. The third-order valence-electron chi connectivity index (χ3n) is 4.44. The first-order valence-corrected chi connectivity index (χ1v) is 8.62. The van der Waals surface area contributed by atoms with Crippen LogP contribution in [0.5, 0.6) is 0 Å². The highest BCUT2D eigenvalue weighted by atomic mass is 79.9. The Labute approximate surface area is 127 Å². The lowest BCUT2D eigenvalue weighted by Gasteiger charge is -2.28. The van der Waals surface area contributed by atoms with Gasteiger partial charge in [-0.2, -0.15) is 0 Å². The number of alkyl halides is 1. The van der Waals surface area contributed by atoms with Crippen molar-refractivity contribution < 1.29 is 0 Å². The molecule has 0 saturated carbocycles. The smallest absolute Gasteiger partial charge is 0.0194 e. The summed E-state index contributed by atoms with van der Waals surface area (Å²) in [5.74, 6) is 0.810. The SMILES string of the molecule is CC(C)(C)C(Br)CCCC1CCCc2ccccc21. The second kappa shape index (κ2) is 6.43. The fourth-order valence-electron chi connectivity index (χ4n) is 3.13. The fraction of sp³-hybridized carbons (Fsp3) is 0.667. The van der Waals surface area contributed by atoms with Gasteiger partial charge in [0.1, 0.15) is 0 Å². The number of hydrogen-bond donors (Lipinski definition) is 0. The van der Waals surface area contributed by atoms with E-state index in [1.54, 1.807) is 11.1 Å². The van der Waals surface area contributed by atoms with E-state index < -0.39 is 0 Å². The number of hydrogen-bond acceptors (Lipinski definition) is 0. The maximum absolute atomic E-state index is 3.86. The largest absolute Gasteiger partial charge is 0.0885 e. The first kappa shape index (κ1) is 15.1. The minimum absolute atomic E-state index is 0.379. The maximum Gasteiger partial charge on any atom is 0.0194 e. The Morgan fingerprint density at radius 2 is 2.00 bits per heavy atom. The van der Waals surface area contributed by atoms with Gasteiger partial charge in [0.15, 0.2) is 0 Å². The molecule has 1 aliphatic carbocycles. The van der Waals surface area contributed by atoms with Crippen LogP contribution in [0.3, 0.4) is 0 Å². The molecule has 2 rings (SSSR count).